The lowest BCUT2D eigenvalue weighted by Crippen LogP contribution is -2.29. The summed E-state index contributed by atoms with van der Waals surface area (Å²) in [6.07, 6.45) is 9.80. The van der Waals surface area contributed by atoms with E-state index in [9.17, 15) is 13.2 Å². The van der Waals surface area contributed by atoms with Crippen LogP contribution in [0.4, 0.5) is 13.2 Å². The van der Waals surface area contributed by atoms with Crippen LogP contribution < -0.4 is 0 Å². The van der Waals surface area contributed by atoms with Gasteiger partial charge in [0.05, 0.1) is 5.56 Å². The fourth-order valence-corrected chi connectivity index (χ4v) is 3.50. The first-order chi connectivity index (χ1) is 12.5. The standard InChI is InChI=1S/C22H34F3N/c1-2-3-4-5-6-7-8-9-17-26(21-14-15-21)18-16-19-10-12-20(13-11-19)22(23,24)25/h10-13,21H,2-9,14-18H2,1H3. The first kappa shape index (κ1) is 21.3. The van der Waals surface area contributed by atoms with Crippen LogP contribution in [0, 0.1) is 0 Å². The summed E-state index contributed by atoms with van der Waals surface area (Å²) in [4.78, 5) is 2.55. The molecule has 0 saturated heterocycles. The molecule has 0 aliphatic heterocycles. The molecule has 26 heavy (non-hydrogen) atoms. The van der Waals surface area contributed by atoms with E-state index in [0.717, 1.165) is 25.1 Å². The normalized spacial score (nSPS) is 15.0. The fourth-order valence-electron chi connectivity index (χ4n) is 3.50. The summed E-state index contributed by atoms with van der Waals surface area (Å²) in [5, 5.41) is 0. The first-order valence-corrected chi connectivity index (χ1v) is 10.4. The summed E-state index contributed by atoms with van der Waals surface area (Å²) >= 11 is 0. The summed E-state index contributed by atoms with van der Waals surface area (Å²) < 4.78 is 37.9. The minimum atomic E-state index is -4.24. The Kier molecular flexibility index (Phi) is 8.97. The lowest BCUT2D eigenvalue weighted by atomic mass is 10.1. The molecule has 0 atom stereocenters. The second-order valence-corrected chi connectivity index (χ2v) is 7.69. The zero-order valence-corrected chi connectivity index (χ0v) is 16.2. The maximum atomic E-state index is 12.6. The van der Waals surface area contributed by atoms with Crippen LogP contribution in [-0.2, 0) is 12.6 Å². The van der Waals surface area contributed by atoms with Crippen LogP contribution in [0.25, 0.3) is 0 Å². The maximum absolute atomic E-state index is 12.6. The molecular formula is C22H34F3N. The van der Waals surface area contributed by atoms with Crippen molar-refractivity contribution in [1.29, 1.82) is 0 Å². The average Bonchev–Trinajstić information content (AvgIpc) is 3.44. The Morgan fingerprint density at radius 3 is 1.96 bits per heavy atom. The average molecular weight is 370 g/mol. The molecule has 1 fully saturated rings. The zero-order chi connectivity index (χ0) is 18.8. The Morgan fingerprint density at radius 1 is 0.846 bits per heavy atom. The molecule has 0 spiro atoms. The van der Waals surface area contributed by atoms with Crippen LogP contribution in [0.15, 0.2) is 24.3 Å². The van der Waals surface area contributed by atoms with Crippen molar-refractivity contribution in [3.8, 4) is 0 Å². The topological polar surface area (TPSA) is 3.24 Å². The molecule has 148 valence electrons. The SMILES string of the molecule is CCCCCCCCCCN(CCc1ccc(C(F)(F)F)cc1)C1CC1. The van der Waals surface area contributed by atoms with Gasteiger partial charge < -0.3 is 4.90 Å². The van der Waals surface area contributed by atoms with Crippen LogP contribution in [0.5, 0.6) is 0 Å². The predicted octanol–water partition coefficient (Wildman–Crippen LogP) is 6.85. The molecule has 0 bridgehead atoms. The monoisotopic (exact) mass is 369 g/mol. The largest absolute Gasteiger partial charge is 0.416 e. The highest BCUT2D eigenvalue weighted by Gasteiger charge is 2.30. The Morgan fingerprint density at radius 2 is 1.42 bits per heavy atom. The van der Waals surface area contributed by atoms with Crippen molar-refractivity contribution in [1.82, 2.24) is 4.90 Å². The smallest absolute Gasteiger partial charge is 0.300 e. The lowest BCUT2D eigenvalue weighted by Gasteiger charge is -2.22. The van der Waals surface area contributed by atoms with Crippen molar-refractivity contribution in [3.05, 3.63) is 35.4 Å². The number of hydrogen-bond acceptors (Lipinski definition) is 1. The number of hydrogen-bond donors (Lipinski definition) is 0. The molecule has 0 radical (unpaired) electrons. The molecule has 0 heterocycles. The molecule has 0 unspecified atom stereocenters. The molecule has 0 N–H and O–H groups in total. The van der Waals surface area contributed by atoms with E-state index in [1.54, 1.807) is 12.1 Å². The highest BCUT2D eigenvalue weighted by molar-refractivity contribution is 5.24. The van der Waals surface area contributed by atoms with Gasteiger partial charge in [0.25, 0.3) is 0 Å². The Bertz CT molecular complexity index is 491. The number of alkyl halides is 3. The number of rotatable bonds is 13. The van der Waals surface area contributed by atoms with Crippen molar-refractivity contribution in [2.45, 2.75) is 89.8 Å². The van der Waals surface area contributed by atoms with Crippen LogP contribution in [-0.4, -0.2) is 24.0 Å². The van der Waals surface area contributed by atoms with Gasteiger partial charge in [-0.05, 0) is 49.9 Å². The highest BCUT2D eigenvalue weighted by Crippen LogP contribution is 2.30. The molecule has 1 saturated carbocycles. The third kappa shape index (κ3) is 8.11. The molecule has 2 rings (SSSR count). The number of unbranched alkanes of at least 4 members (excludes halogenated alkanes) is 7. The van der Waals surface area contributed by atoms with E-state index in [2.05, 4.69) is 11.8 Å². The third-order valence-corrected chi connectivity index (χ3v) is 5.33. The molecule has 1 nitrogen and oxygen atoms in total. The van der Waals surface area contributed by atoms with E-state index in [1.165, 1.54) is 76.3 Å². The quantitative estimate of drug-likeness (QED) is 0.344. The van der Waals surface area contributed by atoms with Gasteiger partial charge in [-0.2, -0.15) is 13.2 Å². The Labute approximate surface area is 157 Å². The van der Waals surface area contributed by atoms with Crippen molar-refractivity contribution >= 4 is 0 Å². The maximum Gasteiger partial charge on any atom is 0.416 e. The molecule has 1 aromatic carbocycles. The van der Waals surface area contributed by atoms with Gasteiger partial charge in [-0.1, -0.05) is 64.0 Å². The summed E-state index contributed by atoms with van der Waals surface area (Å²) in [7, 11) is 0. The summed E-state index contributed by atoms with van der Waals surface area (Å²) in [5.41, 5.74) is 0.443. The summed E-state index contributed by atoms with van der Waals surface area (Å²) in [5.74, 6) is 0. The van der Waals surface area contributed by atoms with E-state index in [-0.39, 0.29) is 0 Å². The van der Waals surface area contributed by atoms with E-state index in [0.29, 0.717) is 6.04 Å². The molecule has 0 aromatic heterocycles. The molecule has 1 aliphatic rings. The second-order valence-electron chi connectivity index (χ2n) is 7.69. The minimum Gasteiger partial charge on any atom is -0.300 e. The molecular weight excluding hydrogens is 335 g/mol. The van der Waals surface area contributed by atoms with E-state index in [4.69, 9.17) is 0 Å². The third-order valence-electron chi connectivity index (χ3n) is 5.33. The van der Waals surface area contributed by atoms with Crippen molar-refractivity contribution in [2.75, 3.05) is 13.1 Å². The second kappa shape index (κ2) is 11.0. The molecule has 1 aromatic rings. The van der Waals surface area contributed by atoms with Crippen LogP contribution in [0.2, 0.25) is 0 Å². The molecule has 0 amide bonds. The number of halogens is 3. The van der Waals surface area contributed by atoms with Crippen LogP contribution >= 0.6 is 0 Å². The van der Waals surface area contributed by atoms with Gasteiger partial charge in [-0.15, -0.1) is 0 Å². The molecule has 4 heteroatoms. The van der Waals surface area contributed by atoms with Crippen LogP contribution in [0.1, 0.15) is 82.3 Å². The first-order valence-electron chi connectivity index (χ1n) is 10.4. The van der Waals surface area contributed by atoms with Crippen LogP contribution in [0.3, 0.4) is 0 Å². The lowest BCUT2D eigenvalue weighted by molar-refractivity contribution is -0.137. The van der Waals surface area contributed by atoms with Gasteiger partial charge in [0.15, 0.2) is 0 Å². The minimum absolute atomic E-state index is 0.556. The van der Waals surface area contributed by atoms with Gasteiger partial charge in [-0.25, -0.2) is 0 Å². The van der Waals surface area contributed by atoms with E-state index < -0.39 is 11.7 Å². The zero-order valence-electron chi connectivity index (χ0n) is 16.2. The van der Waals surface area contributed by atoms with Crippen molar-refractivity contribution in [3.63, 3.8) is 0 Å². The Balaban J connectivity index is 1.64. The number of benzene rings is 1. The van der Waals surface area contributed by atoms with Crippen molar-refractivity contribution < 1.29 is 13.2 Å². The molecule has 1 aliphatic carbocycles. The Hall–Kier alpha value is -1.03. The number of nitrogens with zero attached hydrogens (tertiary/aromatic N) is 1. The summed E-state index contributed by atoms with van der Waals surface area (Å²) in [6, 6.07) is 6.38. The van der Waals surface area contributed by atoms with Gasteiger partial charge in [-0.3, -0.25) is 0 Å². The highest BCUT2D eigenvalue weighted by atomic mass is 19.4. The fraction of sp³-hybridized carbons (Fsp3) is 0.727. The van der Waals surface area contributed by atoms with E-state index in [1.807, 2.05) is 0 Å². The van der Waals surface area contributed by atoms with Gasteiger partial charge in [0.1, 0.15) is 0 Å². The predicted molar refractivity (Wildman–Crippen MR) is 102 cm³/mol. The van der Waals surface area contributed by atoms with Gasteiger partial charge in [0, 0.05) is 12.6 Å². The summed E-state index contributed by atoms with van der Waals surface area (Å²) in [6.45, 7) is 4.35. The van der Waals surface area contributed by atoms with Gasteiger partial charge >= 0.3 is 6.18 Å². The van der Waals surface area contributed by atoms with Gasteiger partial charge in [0.2, 0.25) is 0 Å². The van der Waals surface area contributed by atoms with E-state index >= 15 is 0 Å². The van der Waals surface area contributed by atoms with Crippen molar-refractivity contribution in [2.24, 2.45) is 0 Å².